The molecule has 2 rings (SSSR count). The minimum Gasteiger partial charge on any atom is -0.461 e. The van der Waals surface area contributed by atoms with Crippen LogP contribution in [0.1, 0.15) is 51.5 Å². The predicted octanol–water partition coefficient (Wildman–Crippen LogP) is 3.30. The van der Waals surface area contributed by atoms with E-state index in [1.807, 2.05) is 25.1 Å². The van der Waals surface area contributed by atoms with Crippen LogP contribution in [0.5, 0.6) is 0 Å². The lowest BCUT2D eigenvalue weighted by Crippen LogP contribution is -2.30. The Kier molecular flexibility index (Phi) is 6.39. The van der Waals surface area contributed by atoms with E-state index < -0.39 is 23.9 Å². The Morgan fingerprint density at radius 2 is 1.85 bits per heavy atom. The molecule has 1 atom stereocenters. The first-order valence-corrected chi connectivity index (χ1v) is 8.69. The highest BCUT2D eigenvalue weighted by atomic mass is 16.5. The molecule has 7 nitrogen and oxygen atoms in total. The second-order valence-corrected chi connectivity index (χ2v) is 6.25. The molecule has 1 aromatic carbocycles. The fourth-order valence-electron chi connectivity index (χ4n) is 2.70. The van der Waals surface area contributed by atoms with E-state index in [1.165, 1.54) is 6.92 Å². The van der Waals surface area contributed by atoms with Crippen molar-refractivity contribution in [3.8, 4) is 0 Å². The quantitative estimate of drug-likeness (QED) is 0.758. The van der Waals surface area contributed by atoms with Gasteiger partial charge in [-0.3, -0.25) is 4.79 Å². The van der Waals surface area contributed by atoms with Crippen LogP contribution in [0, 0.1) is 20.8 Å². The predicted molar refractivity (Wildman–Crippen MR) is 101 cm³/mol. The number of aryl methyl sites for hydroxylation is 2. The number of benzene rings is 1. The fraction of sp³-hybridized carbons (Fsp3) is 0.350. The van der Waals surface area contributed by atoms with Crippen LogP contribution in [0.4, 0.5) is 5.69 Å². The lowest BCUT2D eigenvalue weighted by molar-refractivity contribution is -0.123. The first-order chi connectivity index (χ1) is 12.7. The van der Waals surface area contributed by atoms with Gasteiger partial charge in [-0.1, -0.05) is 12.1 Å². The van der Waals surface area contributed by atoms with Gasteiger partial charge in [-0.2, -0.15) is 0 Å². The molecule has 0 aliphatic rings. The van der Waals surface area contributed by atoms with Gasteiger partial charge in [-0.15, -0.1) is 0 Å². The van der Waals surface area contributed by atoms with Crippen LogP contribution in [0.15, 0.2) is 24.3 Å². The average Bonchev–Trinajstić information content (AvgIpc) is 2.89. The molecule has 7 heteroatoms. The first kappa shape index (κ1) is 20.2. The molecule has 1 amide bonds. The monoisotopic (exact) mass is 372 g/mol. The summed E-state index contributed by atoms with van der Waals surface area (Å²) in [5.74, 6) is -1.66. The van der Waals surface area contributed by atoms with Crippen LogP contribution in [-0.4, -0.2) is 35.5 Å². The minimum atomic E-state index is -1.00. The summed E-state index contributed by atoms with van der Waals surface area (Å²) in [6.45, 7) is 8.62. The van der Waals surface area contributed by atoms with Crippen LogP contribution in [-0.2, 0) is 14.3 Å². The zero-order valence-corrected chi connectivity index (χ0v) is 16.1. The maximum atomic E-state index is 12.5. The van der Waals surface area contributed by atoms with Crippen molar-refractivity contribution in [1.29, 1.82) is 0 Å². The van der Waals surface area contributed by atoms with Crippen LogP contribution >= 0.6 is 0 Å². The number of ether oxygens (including phenoxy) is 2. The summed E-state index contributed by atoms with van der Waals surface area (Å²) in [6.07, 6.45) is -1.00. The van der Waals surface area contributed by atoms with E-state index in [2.05, 4.69) is 10.3 Å². The topological polar surface area (TPSA) is 97.5 Å². The van der Waals surface area contributed by atoms with Crippen molar-refractivity contribution in [3.63, 3.8) is 0 Å². The third-order valence-corrected chi connectivity index (χ3v) is 4.06. The molecule has 1 heterocycles. The van der Waals surface area contributed by atoms with Crippen molar-refractivity contribution in [2.45, 2.75) is 40.7 Å². The summed E-state index contributed by atoms with van der Waals surface area (Å²) < 4.78 is 10.3. The number of anilines is 1. The highest BCUT2D eigenvalue weighted by Gasteiger charge is 2.26. The van der Waals surface area contributed by atoms with Crippen LogP contribution in [0.25, 0.3) is 0 Å². The van der Waals surface area contributed by atoms with Gasteiger partial charge in [0.25, 0.3) is 5.91 Å². The number of rotatable bonds is 6. The number of aromatic amines is 1. The minimum absolute atomic E-state index is 0.207. The third-order valence-electron chi connectivity index (χ3n) is 4.06. The van der Waals surface area contributed by atoms with Gasteiger partial charge < -0.3 is 19.8 Å². The second-order valence-electron chi connectivity index (χ2n) is 6.25. The molecule has 1 aromatic heterocycles. The Morgan fingerprint density at radius 1 is 1.15 bits per heavy atom. The van der Waals surface area contributed by atoms with E-state index >= 15 is 0 Å². The number of hydrogen-bond donors (Lipinski definition) is 2. The normalized spacial score (nSPS) is 11.6. The molecule has 0 aliphatic carbocycles. The number of carbonyl (C=O) groups is 3. The number of hydrogen-bond acceptors (Lipinski definition) is 5. The summed E-state index contributed by atoms with van der Waals surface area (Å²) >= 11 is 0. The summed E-state index contributed by atoms with van der Waals surface area (Å²) in [7, 11) is 0. The van der Waals surface area contributed by atoms with Gasteiger partial charge in [0.15, 0.2) is 6.10 Å². The van der Waals surface area contributed by atoms with Crippen molar-refractivity contribution < 1.29 is 23.9 Å². The zero-order chi connectivity index (χ0) is 20.1. The van der Waals surface area contributed by atoms with E-state index in [4.69, 9.17) is 9.47 Å². The molecular weight excluding hydrogens is 348 g/mol. The van der Waals surface area contributed by atoms with Gasteiger partial charge in [-0.25, -0.2) is 9.59 Å². The number of aromatic nitrogens is 1. The fourth-order valence-corrected chi connectivity index (χ4v) is 2.70. The molecule has 0 radical (unpaired) electrons. The lowest BCUT2D eigenvalue weighted by atomic mass is 10.1. The van der Waals surface area contributed by atoms with Gasteiger partial charge in [0, 0.05) is 11.4 Å². The molecular formula is C20H24N2O5. The van der Waals surface area contributed by atoms with Crippen molar-refractivity contribution in [2.24, 2.45) is 0 Å². The first-order valence-electron chi connectivity index (χ1n) is 8.69. The van der Waals surface area contributed by atoms with Crippen molar-refractivity contribution in [1.82, 2.24) is 4.98 Å². The molecule has 0 saturated carbocycles. The van der Waals surface area contributed by atoms with Crippen LogP contribution < -0.4 is 5.32 Å². The molecule has 2 aromatic rings. The Morgan fingerprint density at radius 3 is 2.48 bits per heavy atom. The summed E-state index contributed by atoms with van der Waals surface area (Å²) in [5, 5.41) is 2.71. The molecule has 0 bridgehead atoms. The average molecular weight is 372 g/mol. The molecule has 144 valence electrons. The largest absolute Gasteiger partial charge is 0.461 e. The van der Waals surface area contributed by atoms with Crippen LogP contribution in [0.3, 0.4) is 0 Å². The van der Waals surface area contributed by atoms with E-state index in [0.29, 0.717) is 16.9 Å². The maximum absolute atomic E-state index is 12.5. The molecule has 0 aliphatic heterocycles. The number of nitrogens with one attached hydrogen (secondary N) is 2. The molecule has 1 unspecified atom stereocenters. The second kappa shape index (κ2) is 8.53. The molecule has 0 fully saturated rings. The number of carbonyl (C=O) groups excluding carboxylic acids is 3. The molecule has 27 heavy (non-hydrogen) atoms. The smallest absolute Gasteiger partial charge is 0.355 e. The standard InChI is InChI=1S/C20H24N2O5/c1-6-26-20(25)17-12(3)16(13(4)21-17)19(24)27-14(5)18(23)22-15-9-7-8-11(2)10-15/h7-10,14,21H,6H2,1-5H3,(H,22,23). The Hall–Kier alpha value is -3.09. The van der Waals surface area contributed by atoms with E-state index in [9.17, 15) is 14.4 Å². The number of esters is 2. The van der Waals surface area contributed by atoms with Gasteiger partial charge in [0.05, 0.1) is 12.2 Å². The number of H-pyrrole nitrogens is 1. The summed E-state index contributed by atoms with van der Waals surface area (Å²) in [6, 6.07) is 7.31. The van der Waals surface area contributed by atoms with Gasteiger partial charge in [0.1, 0.15) is 5.69 Å². The Labute approximate surface area is 158 Å². The zero-order valence-electron chi connectivity index (χ0n) is 16.1. The highest BCUT2D eigenvalue weighted by molar-refractivity contribution is 6.01. The third kappa shape index (κ3) is 4.75. The lowest BCUT2D eigenvalue weighted by Gasteiger charge is -2.14. The molecule has 2 N–H and O–H groups in total. The summed E-state index contributed by atoms with van der Waals surface area (Å²) in [4.78, 5) is 39.6. The SMILES string of the molecule is CCOC(=O)c1[nH]c(C)c(C(=O)OC(C)C(=O)Nc2cccc(C)c2)c1C. The molecule has 0 spiro atoms. The van der Waals surface area contributed by atoms with Gasteiger partial charge in [-0.05, 0) is 57.9 Å². The van der Waals surface area contributed by atoms with E-state index in [1.54, 1.807) is 26.8 Å². The Balaban J connectivity index is 2.10. The van der Waals surface area contributed by atoms with Gasteiger partial charge in [0.2, 0.25) is 0 Å². The highest BCUT2D eigenvalue weighted by Crippen LogP contribution is 2.20. The van der Waals surface area contributed by atoms with Crippen LogP contribution in [0.2, 0.25) is 0 Å². The Bertz CT molecular complexity index is 869. The maximum Gasteiger partial charge on any atom is 0.355 e. The van der Waals surface area contributed by atoms with E-state index in [0.717, 1.165) is 5.56 Å². The summed E-state index contributed by atoms with van der Waals surface area (Å²) in [5.41, 5.74) is 2.98. The van der Waals surface area contributed by atoms with E-state index in [-0.39, 0.29) is 17.9 Å². The number of amides is 1. The molecule has 0 saturated heterocycles. The van der Waals surface area contributed by atoms with Gasteiger partial charge >= 0.3 is 11.9 Å². The van der Waals surface area contributed by atoms with Crippen molar-refractivity contribution >= 4 is 23.5 Å². The van der Waals surface area contributed by atoms with Crippen molar-refractivity contribution in [2.75, 3.05) is 11.9 Å². The van der Waals surface area contributed by atoms with Crippen molar-refractivity contribution in [3.05, 3.63) is 52.3 Å².